The summed E-state index contributed by atoms with van der Waals surface area (Å²) in [6.07, 6.45) is 7.22. The lowest BCUT2D eigenvalue weighted by Crippen LogP contribution is -2.52. The van der Waals surface area contributed by atoms with Crippen LogP contribution in [-0.4, -0.2) is 29.3 Å². The number of piperidine rings is 1. The fourth-order valence-electron chi connectivity index (χ4n) is 4.79. The summed E-state index contributed by atoms with van der Waals surface area (Å²) in [6.45, 7) is 8.37. The van der Waals surface area contributed by atoms with Gasteiger partial charge in [-0.3, -0.25) is 9.69 Å². The molecule has 0 saturated carbocycles. The van der Waals surface area contributed by atoms with Crippen LogP contribution in [0.15, 0.2) is 72.8 Å². The van der Waals surface area contributed by atoms with Crippen molar-refractivity contribution in [1.29, 1.82) is 0 Å². The van der Waals surface area contributed by atoms with E-state index in [-0.39, 0.29) is 5.78 Å². The van der Waals surface area contributed by atoms with Crippen LogP contribution in [0.1, 0.15) is 79.9 Å². The maximum atomic E-state index is 13.3. The van der Waals surface area contributed by atoms with E-state index in [9.17, 15) is 4.79 Å². The van der Waals surface area contributed by atoms with Gasteiger partial charge in [-0.25, -0.2) is 0 Å². The first-order valence-corrected chi connectivity index (χ1v) is 13.1. The molecule has 1 saturated heterocycles. The molecule has 0 aliphatic carbocycles. The van der Waals surface area contributed by atoms with E-state index in [1.54, 1.807) is 0 Å². The molecule has 3 aromatic carbocycles. The molecule has 1 aliphatic rings. The first-order valence-electron chi connectivity index (χ1n) is 13.1. The lowest BCUT2D eigenvalue weighted by atomic mass is 9.89. The van der Waals surface area contributed by atoms with Gasteiger partial charge in [0.15, 0.2) is 5.78 Å². The third-order valence-corrected chi connectivity index (χ3v) is 7.19. The molecule has 0 atom stereocenters. The number of hydrogen-bond acceptors (Lipinski definition) is 2. The molecule has 0 bridgehead atoms. The fraction of sp³-hybridized carbons (Fsp3) is 0.364. The van der Waals surface area contributed by atoms with Gasteiger partial charge in [0.05, 0.1) is 5.54 Å². The Kier molecular flexibility index (Phi) is 8.21. The molecule has 180 valence electrons. The number of benzene rings is 3. The number of Topliss-reactive ketones (excluding diaryl/α,β-unsaturated/α-hetero) is 1. The second-order valence-corrected chi connectivity index (χ2v) is 10.1. The quantitative estimate of drug-likeness (QED) is 0.266. The molecule has 4 rings (SSSR count). The number of hydrogen-bond donors (Lipinski definition) is 0. The summed E-state index contributed by atoms with van der Waals surface area (Å²) in [5, 5.41) is 0. The van der Waals surface area contributed by atoms with Crippen LogP contribution in [0.4, 0.5) is 0 Å². The molecule has 0 spiro atoms. The predicted octanol–water partition coefficient (Wildman–Crippen LogP) is 7.54. The Labute approximate surface area is 211 Å². The molecule has 1 aliphatic heterocycles. The van der Waals surface area contributed by atoms with E-state index < -0.39 is 5.54 Å². The molecule has 0 N–H and O–H groups in total. The molecule has 35 heavy (non-hydrogen) atoms. The molecule has 1 fully saturated rings. The van der Waals surface area contributed by atoms with Gasteiger partial charge in [0.2, 0.25) is 0 Å². The van der Waals surface area contributed by atoms with Gasteiger partial charge in [0.1, 0.15) is 0 Å². The first kappa shape index (κ1) is 25.0. The van der Waals surface area contributed by atoms with Crippen LogP contribution in [0, 0.1) is 11.8 Å². The van der Waals surface area contributed by atoms with Gasteiger partial charge in [0.25, 0.3) is 0 Å². The third kappa shape index (κ3) is 6.30. The molecular weight excluding hydrogens is 426 g/mol. The highest BCUT2D eigenvalue weighted by Gasteiger charge is 2.35. The molecule has 0 aromatic heterocycles. The number of likely N-dealkylation sites (tertiary alicyclic amines) is 1. The minimum atomic E-state index is -0.460. The van der Waals surface area contributed by atoms with E-state index >= 15 is 0 Å². The van der Waals surface area contributed by atoms with Gasteiger partial charge >= 0.3 is 0 Å². The Morgan fingerprint density at radius 3 is 1.83 bits per heavy atom. The van der Waals surface area contributed by atoms with E-state index in [1.165, 1.54) is 37.7 Å². The zero-order chi connectivity index (χ0) is 24.7. The zero-order valence-electron chi connectivity index (χ0n) is 21.4. The largest absolute Gasteiger partial charge is 0.292 e. The smallest absolute Gasteiger partial charge is 0.182 e. The highest BCUT2D eigenvalue weighted by atomic mass is 16.1. The number of aryl methyl sites for hydroxylation is 1. The second kappa shape index (κ2) is 11.5. The number of rotatable bonds is 7. The third-order valence-electron chi connectivity index (χ3n) is 7.19. The zero-order valence-corrected chi connectivity index (χ0v) is 21.4. The van der Waals surface area contributed by atoms with Gasteiger partial charge in [-0.05, 0) is 93.6 Å². The van der Waals surface area contributed by atoms with Crippen molar-refractivity contribution in [2.24, 2.45) is 0 Å². The van der Waals surface area contributed by atoms with Crippen molar-refractivity contribution in [1.82, 2.24) is 4.90 Å². The summed E-state index contributed by atoms with van der Waals surface area (Å²) >= 11 is 0. The Balaban J connectivity index is 1.41. The van der Waals surface area contributed by atoms with Crippen LogP contribution in [0.3, 0.4) is 0 Å². The van der Waals surface area contributed by atoms with Crippen LogP contribution in [0.25, 0.3) is 11.1 Å². The van der Waals surface area contributed by atoms with Crippen molar-refractivity contribution in [3.63, 3.8) is 0 Å². The normalized spacial score (nSPS) is 14.3. The van der Waals surface area contributed by atoms with Crippen LogP contribution in [-0.2, 0) is 6.42 Å². The Morgan fingerprint density at radius 2 is 1.29 bits per heavy atom. The van der Waals surface area contributed by atoms with Gasteiger partial charge in [-0.1, -0.05) is 80.1 Å². The summed E-state index contributed by atoms with van der Waals surface area (Å²) in [6, 6.07) is 25.0. The average molecular weight is 464 g/mol. The highest BCUT2D eigenvalue weighted by Crippen LogP contribution is 2.26. The summed E-state index contributed by atoms with van der Waals surface area (Å²) in [5.74, 6) is 6.75. The summed E-state index contributed by atoms with van der Waals surface area (Å²) < 4.78 is 0. The van der Waals surface area contributed by atoms with Gasteiger partial charge in [0, 0.05) is 16.7 Å². The van der Waals surface area contributed by atoms with Crippen LogP contribution >= 0.6 is 0 Å². The van der Waals surface area contributed by atoms with Gasteiger partial charge < -0.3 is 0 Å². The number of ketones is 1. The summed E-state index contributed by atoms with van der Waals surface area (Å²) in [7, 11) is 0. The maximum Gasteiger partial charge on any atom is 0.182 e. The monoisotopic (exact) mass is 463 g/mol. The molecule has 2 heteroatoms. The minimum absolute atomic E-state index is 0.204. The lowest BCUT2D eigenvalue weighted by molar-refractivity contribution is 0.0579. The van der Waals surface area contributed by atoms with E-state index in [1.807, 2.05) is 12.1 Å². The van der Waals surface area contributed by atoms with Crippen molar-refractivity contribution in [3.05, 3.63) is 95.1 Å². The Morgan fingerprint density at radius 1 is 0.771 bits per heavy atom. The number of nitrogens with zero attached hydrogens (tertiary/aromatic N) is 1. The average Bonchev–Trinajstić information content (AvgIpc) is 2.92. The molecular formula is C33H37NO. The van der Waals surface area contributed by atoms with Crippen molar-refractivity contribution < 1.29 is 4.79 Å². The minimum Gasteiger partial charge on any atom is -0.292 e. The van der Waals surface area contributed by atoms with Crippen molar-refractivity contribution in [2.45, 2.75) is 64.8 Å². The molecule has 0 radical (unpaired) electrons. The maximum absolute atomic E-state index is 13.3. The van der Waals surface area contributed by atoms with Gasteiger partial charge in [-0.15, -0.1) is 0 Å². The van der Waals surface area contributed by atoms with Crippen molar-refractivity contribution in [2.75, 3.05) is 13.1 Å². The summed E-state index contributed by atoms with van der Waals surface area (Å²) in [4.78, 5) is 15.6. The Bertz CT molecular complexity index is 1170. The number of unbranched alkanes of at least 4 members (excludes halogenated alkanes) is 1. The van der Waals surface area contributed by atoms with Crippen LogP contribution < -0.4 is 0 Å². The highest BCUT2D eigenvalue weighted by molar-refractivity contribution is 6.03. The van der Waals surface area contributed by atoms with Crippen molar-refractivity contribution in [3.8, 4) is 23.0 Å². The van der Waals surface area contributed by atoms with Crippen LogP contribution in [0.2, 0.25) is 0 Å². The Hall–Kier alpha value is -3.15. The molecule has 1 heterocycles. The molecule has 2 nitrogen and oxygen atoms in total. The first-order chi connectivity index (χ1) is 17.0. The van der Waals surface area contributed by atoms with Crippen molar-refractivity contribution >= 4 is 5.78 Å². The SMILES string of the molecule is CCCCc1ccc(C#Cc2ccc(-c3ccc(C(=O)C(C)(C)N4CCCCC4)cc3)cc2)cc1. The second-order valence-electron chi connectivity index (χ2n) is 10.1. The fourth-order valence-corrected chi connectivity index (χ4v) is 4.79. The molecule has 0 unspecified atom stereocenters. The topological polar surface area (TPSA) is 20.3 Å². The molecule has 3 aromatic rings. The standard InChI is InChI=1S/C33H37NO/c1-4-5-9-26-10-12-27(13-11-26)14-15-28-16-18-29(19-17-28)30-20-22-31(23-21-30)32(35)33(2,3)34-24-7-6-8-25-34/h10-13,16-23H,4-9,24-25H2,1-3H3. The predicted molar refractivity (Wildman–Crippen MR) is 147 cm³/mol. The van der Waals surface area contributed by atoms with Gasteiger partial charge in [-0.2, -0.15) is 0 Å². The van der Waals surface area contributed by atoms with E-state index in [4.69, 9.17) is 0 Å². The summed E-state index contributed by atoms with van der Waals surface area (Å²) in [5.41, 5.74) is 5.99. The lowest BCUT2D eigenvalue weighted by Gasteiger charge is -2.39. The van der Waals surface area contributed by atoms with Crippen LogP contribution in [0.5, 0.6) is 0 Å². The van der Waals surface area contributed by atoms with E-state index in [2.05, 4.69) is 98.2 Å². The van der Waals surface area contributed by atoms with E-state index in [0.717, 1.165) is 47.3 Å². The van der Waals surface area contributed by atoms with E-state index in [0.29, 0.717) is 0 Å². The number of carbonyl (C=O) groups excluding carboxylic acids is 1. The number of carbonyl (C=O) groups is 1. The molecule has 0 amide bonds.